The Kier molecular flexibility index (Phi) is 4.33. The van der Waals surface area contributed by atoms with E-state index < -0.39 is 0 Å². The third kappa shape index (κ3) is 3.07. The molecule has 0 aliphatic carbocycles. The van der Waals surface area contributed by atoms with E-state index in [-0.39, 0.29) is 0 Å². The molecule has 0 unspecified atom stereocenters. The topological polar surface area (TPSA) is 43.9 Å². The van der Waals surface area contributed by atoms with E-state index in [1.54, 1.807) is 0 Å². The first-order valence-electron chi connectivity index (χ1n) is 11.7. The predicted octanol–water partition coefficient (Wildman–Crippen LogP) is 7.96. The van der Waals surface area contributed by atoms with Crippen molar-refractivity contribution in [1.82, 2.24) is 14.5 Å². The van der Waals surface area contributed by atoms with E-state index in [2.05, 4.69) is 101 Å². The number of furan rings is 1. The molecule has 0 saturated carbocycles. The van der Waals surface area contributed by atoms with Gasteiger partial charge in [0.2, 0.25) is 5.71 Å². The molecule has 7 rings (SSSR count). The van der Waals surface area contributed by atoms with E-state index in [1.165, 1.54) is 0 Å². The van der Waals surface area contributed by atoms with Crippen LogP contribution in [0, 0.1) is 6.92 Å². The van der Waals surface area contributed by atoms with E-state index in [0.29, 0.717) is 5.71 Å². The molecule has 0 spiro atoms. The normalized spacial score (nSPS) is 11.6. The predicted molar refractivity (Wildman–Crippen MR) is 142 cm³/mol. The minimum Gasteiger partial charge on any atom is -0.437 e. The van der Waals surface area contributed by atoms with Crippen molar-refractivity contribution >= 4 is 33.1 Å². The molecule has 0 N–H and O–H groups in total. The van der Waals surface area contributed by atoms with Gasteiger partial charge in [0, 0.05) is 22.0 Å². The van der Waals surface area contributed by atoms with Gasteiger partial charge in [0.1, 0.15) is 11.4 Å². The third-order valence-corrected chi connectivity index (χ3v) is 6.53. The van der Waals surface area contributed by atoms with E-state index in [4.69, 9.17) is 9.40 Å². The van der Waals surface area contributed by atoms with Gasteiger partial charge in [0.15, 0.2) is 0 Å². The first-order valence-corrected chi connectivity index (χ1v) is 11.7. The molecule has 0 amide bonds. The zero-order valence-electron chi connectivity index (χ0n) is 19.1. The standard InChI is InChI=1S/C31H21N3O/c1-20-18-19-24-23-13-9-14-25(29(23)35-31(24)32-20)30-33-26-15-6-8-17-28(26)34(30)27-16-7-5-12-22(27)21-10-3-2-4-11-21/h2-19H,1H3. The molecule has 4 heteroatoms. The quantitative estimate of drug-likeness (QED) is 0.274. The summed E-state index contributed by atoms with van der Waals surface area (Å²) in [6.07, 6.45) is 0. The smallest absolute Gasteiger partial charge is 0.227 e. The fourth-order valence-electron chi connectivity index (χ4n) is 4.93. The van der Waals surface area contributed by atoms with Gasteiger partial charge in [-0.3, -0.25) is 4.57 Å². The number of para-hydroxylation sites is 4. The van der Waals surface area contributed by atoms with Crippen molar-refractivity contribution in [2.45, 2.75) is 6.92 Å². The summed E-state index contributed by atoms with van der Waals surface area (Å²) in [5, 5.41) is 2.06. The molecule has 0 aliphatic heterocycles. The Labute approximate surface area is 202 Å². The van der Waals surface area contributed by atoms with Gasteiger partial charge in [0.05, 0.1) is 22.3 Å². The van der Waals surface area contributed by atoms with Crippen LogP contribution in [-0.2, 0) is 0 Å². The fourth-order valence-corrected chi connectivity index (χ4v) is 4.93. The zero-order valence-corrected chi connectivity index (χ0v) is 19.1. The summed E-state index contributed by atoms with van der Waals surface area (Å²) in [7, 11) is 0. The van der Waals surface area contributed by atoms with Gasteiger partial charge in [0.25, 0.3) is 0 Å². The van der Waals surface area contributed by atoms with Crippen molar-refractivity contribution in [3.05, 3.63) is 115 Å². The molecule has 166 valence electrons. The third-order valence-electron chi connectivity index (χ3n) is 6.53. The summed E-state index contributed by atoms with van der Waals surface area (Å²) in [6, 6.07) is 37.6. The minimum absolute atomic E-state index is 0.653. The highest BCUT2D eigenvalue weighted by molar-refractivity contribution is 6.08. The average molecular weight is 452 g/mol. The molecule has 0 aliphatic rings. The van der Waals surface area contributed by atoms with E-state index in [1.807, 2.05) is 25.1 Å². The molecule has 7 aromatic rings. The monoisotopic (exact) mass is 451 g/mol. The second-order valence-electron chi connectivity index (χ2n) is 8.73. The molecule has 0 saturated heterocycles. The molecule has 0 bridgehead atoms. The van der Waals surface area contributed by atoms with Gasteiger partial charge in [-0.2, -0.15) is 0 Å². The summed E-state index contributed by atoms with van der Waals surface area (Å²) < 4.78 is 8.60. The maximum Gasteiger partial charge on any atom is 0.227 e. The van der Waals surface area contributed by atoms with Crippen molar-refractivity contribution in [2.24, 2.45) is 0 Å². The van der Waals surface area contributed by atoms with Gasteiger partial charge in [-0.1, -0.05) is 72.8 Å². The molecule has 0 fully saturated rings. The number of fused-ring (bicyclic) bond motifs is 4. The second-order valence-corrected chi connectivity index (χ2v) is 8.73. The Balaban J connectivity index is 1.58. The summed E-state index contributed by atoms with van der Waals surface area (Å²) in [5.74, 6) is 0.843. The lowest BCUT2D eigenvalue weighted by molar-refractivity contribution is 0.653. The van der Waals surface area contributed by atoms with Crippen LogP contribution in [0.15, 0.2) is 114 Å². The number of aryl methyl sites for hydroxylation is 1. The Bertz CT molecular complexity index is 1860. The van der Waals surface area contributed by atoms with Crippen LogP contribution in [0.4, 0.5) is 0 Å². The SMILES string of the molecule is Cc1ccc2c(n1)oc1c(-c3nc4ccccc4n3-c3ccccc3-c3ccccc3)cccc12. The van der Waals surface area contributed by atoms with Crippen molar-refractivity contribution < 1.29 is 4.42 Å². The highest BCUT2D eigenvalue weighted by Crippen LogP contribution is 2.39. The number of imidazole rings is 1. The van der Waals surface area contributed by atoms with Gasteiger partial charge >= 0.3 is 0 Å². The van der Waals surface area contributed by atoms with Crippen LogP contribution in [0.25, 0.3) is 61.3 Å². The van der Waals surface area contributed by atoms with E-state index in [9.17, 15) is 0 Å². The van der Waals surface area contributed by atoms with Crippen LogP contribution in [-0.4, -0.2) is 14.5 Å². The van der Waals surface area contributed by atoms with Crippen LogP contribution >= 0.6 is 0 Å². The summed E-state index contributed by atoms with van der Waals surface area (Å²) in [6.45, 7) is 1.98. The highest BCUT2D eigenvalue weighted by atomic mass is 16.3. The molecule has 35 heavy (non-hydrogen) atoms. The van der Waals surface area contributed by atoms with Gasteiger partial charge in [-0.05, 0) is 48.9 Å². The number of nitrogens with zero attached hydrogens (tertiary/aromatic N) is 3. The van der Waals surface area contributed by atoms with Gasteiger partial charge in [-0.25, -0.2) is 9.97 Å². The lowest BCUT2D eigenvalue weighted by Crippen LogP contribution is -2.00. The minimum atomic E-state index is 0.653. The first kappa shape index (κ1) is 19.7. The Morgan fingerprint density at radius 2 is 1.40 bits per heavy atom. The van der Waals surface area contributed by atoms with Crippen molar-refractivity contribution in [3.63, 3.8) is 0 Å². The first-order chi connectivity index (χ1) is 17.3. The Hall–Kier alpha value is -4.70. The lowest BCUT2D eigenvalue weighted by atomic mass is 10.0. The number of rotatable bonds is 3. The second kappa shape index (κ2) is 7.67. The van der Waals surface area contributed by atoms with Gasteiger partial charge < -0.3 is 4.42 Å². The average Bonchev–Trinajstić information content (AvgIpc) is 3.47. The maximum atomic E-state index is 6.36. The molecule has 0 atom stereocenters. The summed E-state index contributed by atoms with van der Waals surface area (Å²) in [4.78, 5) is 9.75. The van der Waals surface area contributed by atoms with Crippen LogP contribution in [0.5, 0.6) is 0 Å². The van der Waals surface area contributed by atoms with Crippen LogP contribution in [0.3, 0.4) is 0 Å². The van der Waals surface area contributed by atoms with Crippen LogP contribution < -0.4 is 0 Å². The van der Waals surface area contributed by atoms with Crippen molar-refractivity contribution in [3.8, 4) is 28.2 Å². The molecule has 3 aromatic heterocycles. The molecular weight excluding hydrogens is 430 g/mol. The van der Waals surface area contributed by atoms with Crippen molar-refractivity contribution in [1.29, 1.82) is 0 Å². The maximum absolute atomic E-state index is 6.36. The fraction of sp³-hybridized carbons (Fsp3) is 0.0323. The number of benzene rings is 4. The Morgan fingerprint density at radius 1 is 0.629 bits per heavy atom. The summed E-state index contributed by atoms with van der Waals surface area (Å²) >= 11 is 0. The summed E-state index contributed by atoms with van der Waals surface area (Å²) in [5.41, 5.74) is 8.69. The number of hydrogen-bond donors (Lipinski definition) is 0. The molecule has 0 radical (unpaired) electrons. The van der Waals surface area contributed by atoms with E-state index >= 15 is 0 Å². The largest absolute Gasteiger partial charge is 0.437 e. The number of hydrogen-bond acceptors (Lipinski definition) is 3. The number of aromatic nitrogens is 3. The van der Waals surface area contributed by atoms with Gasteiger partial charge in [-0.15, -0.1) is 0 Å². The molecular formula is C31H21N3O. The lowest BCUT2D eigenvalue weighted by Gasteiger charge is -2.15. The van der Waals surface area contributed by atoms with Crippen molar-refractivity contribution in [2.75, 3.05) is 0 Å². The highest BCUT2D eigenvalue weighted by Gasteiger charge is 2.21. The zero-order chi connectivity index (χ0) is 23.4. The van der Waals surface area contributed by atoms with Crippen LogP contribution in [0.1, 0.15) is 5.69 Å². The molecule has 3 heterocycles. The Morgan fingerprint density at radius 3 is 2.31 bits per heavy atom. The van der Waals surface area contributed by atoms with Crippen LogP contribution in [0.2, 0.25) is 0 Å². The molecule has 4 aromatic carbocycles. The molecule has 4 nitrogen and oxygen atoms in total. The number of pyridine rings is 1. The van der Waals surface area contributed by atoms with E-state index in [0.717, 1.165) is 61.3 Å².